The van der Waals surface area contributed by atoms with Crippen LogP contribution in [0, 0.1) is 0 Å². The van der Waals surface area contributed by atoms with Gasteiger partial charge < -0.3 is 20.7 Å². The molecule has 4 N–H and O–H groups in total. The fourth-order valence-corrected chi connectivity index (χ4v) is 0.855. The van der Waals surface area contributed by atoms with Crippen LogP contribution in [0.5, 0.6) is 0 Å². The zero-order chi connectivity index (χ0) is 11.4. The molecule has 0 amide bonds. The first-order valence-electron chi connectivity index (χ1n) is 4.31. The number of nitrogens with zero attached hydrogens (tertiary/aromatic N) is 2. The molecule has 0 aliphatic rings. The van der Waals surface area contributed by atoms with Crippen molar-refractivity contribution >= 4 is 5.82 Å². The number of nitrogens with two attached hydrogens (primary N) is 1. The van der Waals surface area contributed by atoms with Gasteiger partial charge in [-0.15, -0.1) is 0 Å². The van der Waals surface area contributed by atoms with Gasteiger partial charge in [0.2, 0.25) is 0 Å². The van der Waals surface area contributed by atoms with Crippen molar-refractivity contribution in [3.8, 4) is 0 Å². The summed E-state index contributed by atoms with van der Waals surface area (Å²) in [6.07, 6.45) is -1.12. The number of hydrogen-bond acceptors (Lipinski definition) is 6. The molecule has 1 aromatic rings. The number of nitrogen functional groups attached to an aromatic ring is 1. The van der Waals surface area contributed by atoms with E-state index >= 15 is 0 Å². The lowest BCUT2D eigenvalue weighted by atomic mass is 10.4. The second-order valence-electron chi connectivity index (χ2n) is 2.99. The number of ether oxygens (including phenoxy) is 1. The Morgan fingerprint density at radius 1 is 1.67 bits per heavy atom. The predicted molar refractivity (Wildman–Crippen MR) is 51.7 cm³/mol. The Bertz CT molecular complexity index is 376. The molecule has 0 radical (unpaired) electrons. The highest BCUT2D eigenvalue weighted by Gasteiger charge is 2.11. The van der Waals surface area contributed by atoms with Gasteiger partial charge in [-0.1, -0.05) is 0 Å². The van der Waals surface area contributed by atoms with Crippen LogP contribution >= 0.6 is 0 Å². The van der Waals surface area contributed by atoms with Crippen LogP contribution in [0.2, 0.25) is 0 Å². The molecule has 1 rings (SSSR count). The molecule has 0 saturated heterocycles. The minimum absolute atomic E-state index is 0.169. The van der Waals surface area contributed by atoms with Crippen molar-refractivity contribution < 1.29 is 14.9 Å². The maximum absolute atomic E-state index is 11.2. The molecule has 15 heavy (non-hydrogen) atoms. The molecule has 0 aromatic carbocycles. The van der Waals surface area contributed by atoms with Gasteiger partial charge in [-0.25, -0.2) is 9.78 Å². The molecule has 1 atom stereocenters. The minimum Gasteiger partial charge on any atom is -0.385 e. The van der Waals surface area contributed by atoms with E-state index in [4.69, 9.17) is 20.7 Å². The summed E-state index contributed by atoms with van der Waals surface area (Å²) in [5, 5.41) is 17.5. The lowest BCUT2D eigenvalue weighted by molar-refractivity contribution is -0.151. The van der Waals surface area contributed by atoms with Crippen LogP contribution in [0.4, 0.5) is 5.82 Å². The molecule has 7 nitrogen and oxygen atoms in total. The van der Waals surface area contributed by atoms with E-state index in [-0.39, 0.29) is 12.5 Å². The highest BCUT2D eigenvalue weighted by molar-refractivity contribution is 5.25. The molecular formula is C8H13N3O4. The molecule has 0 aliphatic carbocycles. The van der Waals surface area contributed by atoms with Crippen molar-refractivity contribution in [2.24, 2.45) is 0 Å². The third kappa shape index (κ3) is 3.01. The standard InChI is InChI=1S/C8H13N3O4/c1-5(7(12)13)15-4-11-6(9)2-3-10-8(11)14/h2-3,5,7,12-13H,4,9H2,1H3. The molecular weight excluding hydrogens is 202 g/mol. The highest BCUT2D eigenvalue weighted by Crippen LogP contribution is 2.00. The summed E-state index contributed by atoms with van der Waals surface area (Å²) in [5.41, 5.74) is 4.96. The fourth-order valence-electron chi connectivity index (χ4n) is 0.855. The number of rotatable bonds is 4. The second-order valence-corrected chi connectivity index (χ2v) is 2.99. The number of aliphatic hydroxyl groups is 2. The van der Waals surface area contributed by atoms with Crippen molar-refractivity contribution in [2.45, 2.75) is 26.0 Å². The van der Waals surface area contributed by atoms with E-state index < -0.39 is 18.1 Å². The lowest BCUT2D eigenvalue weighted by Crippen LogP contribution is -2.31. The van der Waals surface area contributed by atoms with Crippen molar-refractivity contribution in [3.63, 3.8) is 0 Å². The zero-order valence-corrected chi connectivity index (χ0v) is 8.20. The molecule has 0 saturated carbocycles. The van der Waals surface area contributed by atoms with Crippen LogP contribution in [0.1, 0.15) is 6.92 Å². The quantitative estimate of drug-likeness (QED) is 0.527. The van der Waals surface area contributed by atoms with Crippen LogP contribution in [-0.2, 0) is 11.5 Å². The molecule has 84 valence electrons. The first-order chi connectivity index (χ1) is 7.02. The second kappa shape index (κ2) is 4.87. The predicted octanol–water partition coefficient (Wildman–Crippen LogP) is -1.50. The molecule has 7 heteroatoms. The first-order valence-corrected chi connectivity index (χ1v) is 4.31. The van der Waals surface area contributed by atoms with E-state index in [0.29, 0.717) is 0 Å². The fraction of sp³-hybridized carbons (Fsp3) is 0.500. The molecule has 1 unspecified atom stereocenters. The van der Waals surface area contributed by atoms with Crippen molar-refractivity contribution in [1.82, 2.24) is 9.55 Å². The van der Waals surface area contributed by atoms with Crippen LogP contribution in [-0.4, -0.2) is 32.2 Å². The summed E-state index contributed by atoms with van der Waals surface area (Å²) in [5.74, 6) is 0.203. The third-order valence-electron chi connectivity index (χ3n) is 1.86. The van der Waals surface area contributed by atoms with Gasteiger partial charge in [0, 0.05) is 6.20 Å². The van der Waals surface area contributed by atoms with Gasteiger partial charge in [0.05, 0.1) is 0 Å². The van der Waals surface area contributed by atoms with Crippen LogP contribution < -0.4 is 11.4 Å². The first kappa shape index (κ1) is 11.6. The van der Waals surface area contributed by atoms with E-state index in [1.165, 1.54) is 19.2 Å². The van der Waals surface area contributed by atoms with E-state index in [2.05, 4.69) is 4.98 Å². The Labute approximate surface area is 85.7 Å². The van der Waals surface area contributed by atoms with Gasteiger partial charge in [0.25, 0.3) is 0 Å². The van der Waals surface area contributed by atoms with Gasteiger partial charge in [-0.3, -0.25) is 4.57 Å². The van der Waals surface area contributed by atoms with E-state index in [9.17, 15) is 4.79 Å². The van der Waals surface area contributed by atoms with Gasteiger partial charge in [0.15, 0.2) is 6.29 Å². The maximum Gasteiger partial charge on any atom is 0.351 e. The summed E-state index contributed by atoms with van der Waals surface area (Å²) in [6.45, 7) is 1.29. The topological polar surface area (TPSA) is 111 Å². The summed E-state index contributed by atoms with van der Waals surface area (Å²) >= 11 is 0. The van der Waals surface area contributed by atoms with Crippen molar-refractivity contribution in [1.29, 1.82) is 0 Å². The van der Waals surface area contributed by atoms with Gasteiger partial charge in [-0.2, -0.15) is 0 Å². The molecule has 0 bridgehead atoms. The van der Waals surface area contributed by atoms with Gasteiger partial charge >= 0.3 is 5.69 Å². The molecule has 1 heterocycles. The van der Waals surface area contributed by atoms with E-state index in [0.717, 1.165) is 4.57 Å². The Kier molecular flexibility index (Phi) is 3.78. The third-order valence-corrected chi connectivity index (χ3v) is 1.86. The number of aliphatic hydroxyl groups excluding tert-OH is 1. The zero-order valence-electron chi connectivity index (χ0n) is 8.20. The Hall–Kier alpha value is -1.44. The largest absolute Gasteiger partial charge is 0.385 e. The summed E-state index contributed by atoms with van der Waals surface area (Å²) < 4.78 is 6.08. The van der Waals surface area contributed by atoms with E-state index in [1.54, 1.807) is 0 Å². The number of hydrogen-bond donors (Lipinski definition) is 3. The van der Waals surface area contributed by atoms with Gasteiger partial charge in [0.1, 0.15) is 18.7 Å². The SMILES string of the molecule is CC(OCn1c(N)ccnc1=O)C(O)O. The minimum atomic E-state index is -1.60. The Morgan fingerprint density at radius 3 is 2.87 bits per heavy atom. The number of anilines is 1. The summed E-state index contributed by atoms with van der Waals surface area (Å²) in [6, 6.07) is 1.45. The van der Waals surface area contributed by atoms with Crippen LogP contribution in [0.25, 0.3) is 0 Å². The highest BCUT2D eigenvalue weighted by atomic mass is 16.6. The molecule has 0 spiro atoms. The summed E-state index contributed by atoms with van der Waals surface area (Å²) in [4.78, 5) is 14.7. The smallest absolute Gasteiger partial charge is 0.351 e. The van der Waals surface area contributed by atoms with E-state index in [1.807, 2.05) is 0 Å². The molecule has 0 aliphatic heterocycles. The molecule has 0 fully saturated rings. The summed E-state index contributed by atoms with van der Waals surface area (Å²) in [7, 11) is 0. The average Bonchev–Trinajstić information content (AvgIpc) is 2.16. The average molecular weight is 215 g/mol. The lowest BCUT2D eigenvalue weighted by Gasteiger charge is -2.16. The number of aromatic nitrogens is 2. The Balaban J connectivity index is 2.69. The normalized spacial score (nSPS) is 13.1. The van der Waals surface area contributed by atoms with Crippen molar-refractivity contribution in [2.75, 3.05) is 5.73 Å². The van der Waals surface area contributed by atoms with Crippen LogP contribution in [0.15, 0.2) is 17.1 Å². The monoisotopic (exact) mass is 215 g/mol. The Morgan fingerprint density at radius 2 is 2.33 bits per heavy atom. The maximum atomic E-state index is 11.2. The van der Waals surface area contributed by atoms with Crippen molar-refractivity contribution in [3.05, 3.63) is 22.7 Å². The van der Waals surface area contributed by atoms with Crippen LogP contribution in [0.3, 0.4) is 0 Å². The molecule has 1 aromatic heterocycles. The van der Waals surface area contributed by atoms with Gasteiger partial charge in [-0.05, 0) is 13.0 Å².